The molecule has 0 aromatic heterocycles. The molecule has 6 heteroatoms. The lowest BCUT2D eigenvalue weighted by molar-refractivity contribution is -0.385. The lowest BCUT2D eigenvalue weighted by Gasteiger charge is -2.29. The van der Waals surface area contributed by atoms with E-state index in [2.05, 4.69) is 4.90 Å². The molecule has 1 aromatic carbocycles. The quantitative estimate of drug-likeness (QED) is 0.617. The Kier molecular flexibility index (Phi) is 4.57. The van der Waals surface area contributed by atoms with Gasteiger partial charge in [-0.1, -0.05) is 12.1 Å². The van der Waals surface area contributed by atoms with Crippen LogP contribution in [0.4, 0.5) is 5.69 Å². The number of aliphatic carboxylic acids is 1. The van der Waals surface area contributed by atoms with Crippen LogP contribution in [0.25, 0.3) is 0 Å². The molecule has 1 unspecified atom stereocenters. The lowest BCUT2D eigenvalue weighted by atomic mass is 10.0. The monoisotopic (exact) mass is 292 g/mol. The van der Waals surface area contributed by atoms with Gasteiger partial charge in [-0.2, -0.15) is 0 Å². The van der Waals surface area contributed by atoms with E-state index in [0.29, 0.717) is 18.2 Å². The molecule has 2 rings (SSSR count). The molecule has 1 N–H and O–H groups in total. The van der Waals surface area contributed by atoms with Crippen molar-refractivity contribution in [1.82, 2.24) is 4.90 Å². The molecule has 0 aliphatic heterocycles. The zero-order valence-corrected chi connectivity index (χ0v) is 12.3. The van der Waals surface area contributed by atoms with Crippen molar-refractivity contribution >= 4 is 11.7 Å². The second-order valence-electron chi connectivity index (χ2n) is 5.59. The number of nitrogens with zero attached hydrogens (tertiary/aromatic N) is 2. The van der Waals surface area contributed by atoms with Gasteiger partial charge in [0, 0.05) is 30.3 Å². The molecule has 0 spiro atoms. The van der Waals surface area contributed by atoms with Crippen molar-refractivity contribution in [3.05, 3.63) is 39.4 Å². The zero-order valence-electron chi connectivity index (χ0n) is 12.3. The van der Waals surface area contributed by atoms with Crippen LogP contribution in [-0.4, -0.2) is 33.5 Å². The molecular formula is C15H20N2O4. The average Bonchev–Trinajstić information content (AvgIpc) is 3.23. The molecule has 1 aromatic rings. The summed E-state index contributed by atoms with van der Waals surface area (Å²) in [5.74, 6) is -0.817. The van der Waals surface area contributed by atoms with Crippen LogP contribution in [0.15, 0.2) is 18.2 Å². The summed E-state index contributed by atoms with van der Waals surface area (Å²) < 4.78 is 0. The third-order valence-electron chi connectivity index (χ3n) is 4.01. The van der Waals surface area contributed by atoms with Gasteiger partial charge in [-0.3, -0.25) is 19.8 Å². The zero-order chi connectivity index (χ0) is 15.6. The summed E-state index contributed by atoms with van der Waals surface area (Å²) in [6.07, 6.45) is 2.23. The summed E-state index contributed by atoms with van der Waals surface area (Å²) in [6.45, 7) is 4.17. The number of nitro benzene ring substituents is 1. The Morgan fingerprint density at radius 1 is 1.52 bits per heavy atom. The highest BCUT2D eigenvalue weighted by molar-refractivity contribution is 5.66. The molecule has 0 amide bonds. The maximum atomic E-state index is 11.0. The van der Waals surface area contributed by atoms with Crippen LogP contribution in [0.1, 0.15) is 43.4 Å². The van der Waals surface area contributed by atoms with Crippen LogP contribution < -0.4 is 0 Å². The Bertz CT molecular complexity index is 555. The maximum Gasteiger partial charge on any atom is 0.304 e. The minimum atomic E-state index is -0.817. The van der Waals surface area contributed by atoms with Crippen LogP contribution >= 0.6 is 0 Å². The minimum Gasteiger partial charge on any atom is -0.481 e. The largest absolute Gasteiger partial charge is 0.481 e. The fourth-order valence-electron chi connectivity index (χ4n) is 2.60. The van der Waals surface area contributed by atoms with Gasteiger partial charge in [0.05, 0.1) is 11.3 Å². The number of rotatable bonds is 7. The van der Waals surface area contributed by atoms with Crippen LogP contribution in [0.2, 0.25) is 0 Å². The van der Waals surface area contributed by atoms with E-state index in [0.717, 1.165) is 18.4 Å². The molecule has 0 bridgehead atoms. The van der Waals surface area contributed by atoms with E-state index in [1.165, 1.54) is 0 Å². The summed E-state index contributed by atoms with van der Waals surface area (Å²) in [4.78, 5) is 23.6. The summed E-state index contributed by atoms with van der Waals surface area (Å²) in [5, 5.41) is 19.9. The van der Waals surface area contributed by atoms with Gasteiger partial charge < -0.3 is 5.11 Å². The Balaban J connectivity index is 2.20. The number of carboxylic acid groups (broad SMARTS) is 1. The smallest absolute Gasteiger partial charge is 0.304 e. The van der Waals surface area contributed by atoms with Crippen molar-refractivity contribution in [2.24, 2.45) is 0 Å². The van der Waals surface area contributed by atoms with Crippen molar-refractivity contribution in [2.45, 2.75) is 45.2 Å². The van der Waals surface area contributed by atoms with Crippen LogP contribution in [0, 0.1) is 17.0 Å². The number of hydrogen-bond acceptors (Lipinski definition) is 4. The minimum absolute atomic E-state index is 0.0175. The van der Waals surface area contributed by atoms with Gasteiger partial charge in [-0.15, -0.1) is 0 Å². The Labute approximate surface area is 123 Å². The Morgan fingerprint density at radius 2 is 2.19 bits per heavy atom. The predicted molar refractivity (Wildman–Crippen MR) is 78.2 cm³/mol. The number of hydrogen-bond donors (Lipinski definition) is 1. The summed E-state index contributed by atoms with van der Waals surface area (Å²) >= 11 is 0. The number of carbonyl (C=O) groups is 1. The van der Waals surface area contributed by atoms with Crippen molar-refractivity contribution < 1.29 is 14.8 Å². The van der Waals surface area contributed by atoms with E-state index in [1.807, 2.05) is 13.0 Å². The molecule has 114 valence electrons. The normalized spacial score (nSPS) is 16.0. The van der Waals surface area contributed by atoms with Gasteiger partial charge >= 0.3 is 5.97 Å². The summed E-state index contributed by atoms with van der Waals surface area (Å²) in [6, 6.07) is 5.64. The first kappa shape index (κ1) is 15.4. The average molecular weight is 292 g/mol. The molecule has 0 radical (unpaired) electrons. The molecule has 1 saturated carbocycles. The molecule has 21 heavy (non-hydrogen) atoms. The Morgan fingerprint density at radius 3 is 2.71 bits per heavy atom. The summed E-state index contributed by atoms with van der Waals surface area (Å²) in [7, 11) is 0. The molecule has 0 saturated heterocycles. The second-order valence-corrected chi connectivity index (χ2v) is 5.59. The van der Waals surface area contributed by atoms with Crippen molar-refractivity contribution in [3.63, 3.8) is 0 Å². The van der Waals surface area contributed by atoms with Crippen molar-refractivity contribution in [2.75, 3.05) is 6.54 Å². The van der Waals surface area contributed by atoms with E-state index < -0.39 is 5.97 Å². The van der Waals surface area contributed by atoms with E-state index in [1.54, 1.807) is 19.1 Å². The lowest BCUT2D eigenvalue weighted by Crippen LogP contribution is -2.31. The number of aryl methyl sites for hydroxylation is 1. The number of carboxylic acids is 1. The highest BCUT2D eigenvalue weighted by Crippen LogP contribution is 2.35. The third-order valence-corrected chi connectivity index (χ3v) is 4.01. The molecule has 1 aliphatic carbocycles. The van der Waals surface area contributed by atoms with Gasteiger partial charge in [0.1, 0.15) is 0 Å². The number of benzene rings is 1. The third kappa shape index (κ3) is 3.78. The van der Waals surface area contributed by atoms with Gasteiger partial charge in [0.15, 0.2) is 0 Å². The van der Waals surface area contributed by atoms with E-state index in [9.17, 15) is 14.9 Å². The standard InChI is InChI=1S/C15H20N2O4/c1-10-3-4-12(9-14(10)17(20)21)11(2)16(13-5-6-13)8-7-15(18)19/h3-4,9,11,13H,5-8H2,1-2H3,(H,18,19). The molecule has 1 atom stereocenters. The predicted octanol–water partition coefficient (Wildman–Crippen LogP) is 2.90. The topological polar surface area (TPSA) is 83.7 Å². The van der Waals surface area contributed by atoms with E-state index in [4.69, 9.17) is 5.11 Å². The maximum absolute atomic E-state index is 11.0. The van der Waals surface area contributed by atoms with Crippen molar-refractivity contribution in [1.29, 1.82) is 0 Å². The highest BCUT2D eigenvalue weighted by Gasteiger charge is 2.33. The van der Waals surface area contributed by atoms with Crippen LogP contribution in [0.5, 0.6) is 0 Å². The summed E-state index contributed by atoms with van der Waals surface area (Å²) in [5.41, 5.74) is 1.62. The molecular weight excluding hydrogens is 272 g/mol. The first-order valence-electron chi connectivity index (χ1n) is 7.12. The van der Waals surface area contributed by atoms with Gasteiger partial charge in [0.25, 0.3) is 5.69 Å². The SMILES string of the molecule is Cc1ccc(C(C)N(CCC(=O)O)C2CC2)cc1[N+](=O)[O-]. The first-order valence-corrected chi connectivity index (χ1v) is 7.12. The van der Waals surface area contributed by atoms with Gasteiger partial charge in [-0.05, 0) is 32.3 Å². The first-order chi connectivity index (χ1) is 9.90. The van der Waals surface area contributed by atoms with Crippen molar-refractivity contribution in [3.8, 4) is 0 Å². The van der Waals surface area contributed by atoms with E-state index >= 15 is 0 Å². The molecule has 1 aliphatic rings. The highest BCUT2D eigenvalue weighted by atomic mass is 16.6. The van der Waals surface area contributed by atoms with Crippen LogP contribution in [-0.2, 0) is 4.79 Å². The molecule has 0 heterocycles. The molecule has 1 fully saturated rings. The number of nitro groups is 1. The fourth-order valence-corrected chi connectivity index (χ4v) is 2.60. The van der Waals surface area contributed by atoms with Crippen LogP contribution in [0.3, 0.4) is 0 Å². The second kappa shape index (κ2) is 6.22. The Hall–Kier alpha value is -1.95. The van der Waals surface area contributed by atoms with Gasteiger partial charge in [-0.25, -0.2) is 0 Å². The molecule has 6 nitrogen and oxygen atoms in total. The van der Waals surface area contributed by atoms with Gasteiger partial charge in [0.2, 0.25) is 0 Å². The fraction of sp³-hybridized carbons (Fsp3) is 0.533. The van der Waals surface area contributed by atoms with E-state index in [-0.39, 0.29) is 23.1 Å².